The summed E-state index contributed by atoms with van der Waals surface area (Å²) in [7, 11) is 0. The number of hydrazine groups is 1. The first-order valence-corrected chi connectivity index (χ1v) is 6.35. The van der Waals surface area contributed by atoms with Crippen molar-refractivity contribution in [1.82, 2.24) is 9.97 Å². The molecule has 1 saturated carbocycles. The summed E-state index contributed by atoms with van der Waals surface area (Å²) in [6.07, 6.45) is 7.45. The molecule has 0 amide bonds. The number of hydrogen-bond acceptors (Lipinski definition) is 6. The van der Waals surface area contributed by atoms with Crippen molar-refractivity contribution in [3.05, 3.63) is 12.4 Å². The number of nitrogens with zero attached hydrogens (tertiary/aromatic N) is 2. The second-order valence-electron chi connectivity index (χ2n) is 5.20. The molecule has 100 valence electrons. The number of anilines is 2. The first-order chi connectivity index (χ1) is 8.67. The number of hydrogen-bond donors (Lipinski definition) is 4. The summed E-state index contributed by atoms with van der Waals surface area (Å²) < 4.78 is 0. The zero-order valence-corrected chi connectivity index (χ0v) is 10.7. The fourth-order valence-corrected chi connectivity index (χ4v) is 2.72. The number of nitrogens with two attached hydrogens (primary N) is 1. The van der Waals surface area contributed by atoms with Gasteiger partial charge < -0.3 is 15.8 Å². The molecule has 6 nitrogen and oxygen atoms in total. The predicted molar refractivity (Wildman–Crippen MR) is 70.9 cm³/mol. The lowest BCUT2D eigenvalue weighted by atomic mass is 9.77. The van der Waals surface area contributed by atoms with Gasteiger partial charge in [-0.3, -0.25) is 4.98 Å². The number of rotatable bonds is 4. The maximum absolute atomic E-state index is 9.70. The SMILES string of the molecule is CC1CCCC(CO)(Nc2cncc(NN)n2)C1. The second kappa shape index (κ2) is 5.49. The summed E-state index contributed by atoms with van der Waals surface area (Å²) in [5.74, 6) is 7.08. The first-order valence-electron chi connectivity index (χ1n) is 6.35. The molecule has 0 saturated heterocycles. The van der Waals surface area contributed by atoms with Crippen molar-refractivity contribution in [2.45, 2.75) is 38.1 Å². The molecule has 0 aromatic carbocycles. The van der Waals surface area contributed by atoms with E-state index >= 15 is 0 Å². The Balaban J connectivity index is 2.13. The van der Waals surface area contributed by atoms with Crippen molar-refractivity contribution in [1.29, 1.82) is 0 Å². The van der Waals surface area contributed by atoms with Crippen molar-refractivity contribution in [3.63, 3.8) is 0 Å². The lowest BCUT2D eigenvalue weighted by Crippen LogP contribution is -2.46. The van der Waals surface area contributed by atoms with Crippen LogP contribution >= 0.6 is 0 Å². The minimum Gasteiger partial charge on any atom is -0.394 e. The molecule has 1 fully saturated rings. The van der Waals surface area contributed by atoms with Crippen molar-refractivity contribution < 1.29 is 5.11 Å². The number of aromatic nitrogens is 2. The smallest absolute Gasteiger partial charge is 0.160 e. The molecule has 0 bridgehead atoms. The molecule has 1 aromatic heterocycles. The van der Waals surface area contributed by atoms with E-state index in [1.807, 2.05) is 0 Å². The highest BCUT2D eigenvalue weighted by Crippen LogP contribution is 2.34. The normalized spacial score (nSPS) is 27.8. The molecule has 6 heteroatoms. The first kappa shape index (κ1) is 13.0. The van der Waals surface area contributed by atoms with Gasteiger partial charge in [0.25, 0.3) is 0 Å². The Kier molecular flexibility index (Phi) is 3.98. The van der Waals surface area contributed by atoms with E-state index in [-0.39, 0.29) is 12.1 Å². The van der Waals surface area contributed by atoms with Gasteiger partial charge in [0.15, 0.2) is 5.82 Å². The van der Waals surface area contributed by atoms with Gasteiger partial charge >= 0.3 is 0 Å². The summed E-state index contributed by atoms with van der Waals surface area (Å²) in [6.45, 7) is 2.33. The molecule has 2 atom stereocenters. The van der Waals surface area contributed by atoms with Crippen LogP contribution in [0.3, 0.4) is 0 Å². The van der Waals surface area contributed by atoms with E-state index in [4.69, 9.17) is 5.84 Å². The highest BCUT2D eigenvalue weighted by Gasteiger charge is 2.34. The van der Waals surface area contributed by atoms with Gasteiger partial charge in [-0.05, 0) is 18.8 Å². The quantitative estimate of drug-likeness (QED) is 0.473. The monoisotopic (exact) mass is 251 g/mol. The van der Waals surface area contributed by atoms with Crippen molar-refractivity contribution >= 4 is 11.6 Å². The number of aliphatic hydroxyl groups excluding tert-OH is 1. The molecule has 18 heavy (non-hydrogen) atoms. The van der Waals surface area contributed by atoms with Gasteiger partial charge in [0.2, 0.25) is 0 Å². The topological polar surface area (TPSA) is 96.1 Å². The minimum atomic E-state index is -0.278. The number of nitrogen functional groups attached to an aromatic ring is 1. The molecule has 1 aliphatic carbocycles. The average Bonchev–Trinajstić information content (AvgIpc) is 2.39. The van der Waals surface area contributed by atoms with E-state index in [1.54, 1.807) is 12.4 Å². The van der Waals surface area contributed by atoms with Crippen LogP contribution in [0.2, 0.25) is 0 Å². The standard InChI is InChI=1S/C12H21N5O/c1-9-3-2-4-12(5-9,8-18)16-10-6-14-7-11(15-10)17-13/h6-7,9,18H,2-5,8,13H2,1H3,(H2,15,16,17). The van der Waals surface area contributed by atoms with Gasteiger partial charge in [-0.25, -0.2) is 10.8 Å². The average molecular weight is 251 g/mol. The van der Waals surface area contributed by atoms with Crippen LogP contribution in [0.4, 0.5) is 11.6 Å². The molecular weight excluding hydrogens is 230 g/mol. The zero-order valence-electron chi connectivity index (χ0n) is 10.7. The van der Waals surface area contributed by atoms with Gasteiger partial charge in [0, 0.05) is 0 Å². The zero-order chi connectivity index (χ0) is 13.0. The van der Waals surface area contributed by atoms with Crippen molar-refractivity contribution in [3.8, 4) is 0 Å². The molecule has 0 aliphatic heterocycles. The van der Waals surface area contributed by atoms with Crippen LogP contribution in [0.5, 0.6) is 0 Å². The fourth-order valence-electron chi connectivity index (χ4n) is 2.72. The van der Waals surface area contributed by atoms with E-state index < -0.39 is 0 Å². The van der Waals surface area contributed by atoms with Gasteiger partial charge in [0.1, 0.15) is 5.82 Å². The van der Waals surface area contributed by atoms with Gasteiger partial charge in [-0.2, -0.15) is 0 Å². The maximum Gasteiger partial charge on any atom is 0.160 e. The summed E-state index contributed by atoms with van der Waals surface area (Å²) in [4.78, 5) is 8.34. The number of aliphatic hydroxyl groups is 1. The third-order valence-corrected chi connectivity index (χ3v) is 3.57. The van der Waals surface area contributed by atoms with Gasteiger partial charge in [-0.15, -0.1) is 0 Å². The highest BCUT2D eigenvalue weighted by molar-refractivity contribution is 5.42. The summed E-state index contributed by atoms with van der Waals surface area (Å²) >= 11 is 0. The molecule has 5 N–H and O–H groups in total. The molecule has 1 aliphatic rings. The van der Waals surface area contributed by atoms with Crippen LogP contribution in [0.1, 0.15) is 32.6 Å². The number of nitrogens with one attached hydrogen (secondary N) is 2. The maximum atomic E-state index is 9.70. The Morgan fingerprint density at radius 2 is 2.28 bits per heavy atom. The van der Waals surface area contributed by atoms with Crippen LogP contribution in [0.15, 0.2) is 12.4 Å². The van der Waals surface area contributed by atoms with Crippen molar-refractivity contribution in [2.24, 2.45) is 11.8 Å². The van der Waals surface area contributed by atoms with Crippen LogP contribution in [-0.4, -0.2) is 27.2 Å². The lowest BCUT2D eigenvalue weighted by molar-refractivity contribution is 0.149. The molecule has 1 heterocycles. The van der Waals surface area contributed by atoms with Gasteiger partial charge in [-0.1, -0.05) is 19.8 Å². The van der Waals surface area contributed by atoms with E-state index in [0.29, 0.717) is 17.6 Å². The predicted octanol–water partition coefficient (Wildman–Crippen LogP) is 1.12. The molecule has 2 unspecified atom stereocenters. The highest BCUT2D eigenvalue weighted by atomic mass is 16.3. The van der Waals surface area contributed by atoms with Crippen LogP contribution < -0.4 is 16.6 Å². The van der Waals surface area contributed by atoms with E-state index in [1.165, 1.54) is 6.42 Å². The molecule has 2 rings (SSSR count). The Hall–Kier alpha value is -1.40. The van der Waals surface area contributed by atoms with Crippen LogP contribution in [0, 0.1) is 5.92 Å². The molecule has 0 radical (unpaired) electrons. The third-order valence-electron chi connectivity index (χ3n) is 3.57. The Labute approximate surface area is 107 Å². The van der Waals surface area contributed by atoms with Crippen LogP contribution in [0.25, 0.3) is 0 Å². The van der Waals surface area contributed by atoms with Crippen LogP contribution in [-0.2, 0) is 0 Å². The molecular formula is C12H21N5O. The second-order valence-corrected chi connectivity index (χ2v) is 5.20. The summed E-state index contributed by atoms with van der Waals surface area (Å²) in [6, 6.07) is 0. The lowest BCUT2D eigenvalue weighted by Gasteiger charge is -2.39. The Morgan fingerprint density at radius 1 is 1.50 bits per heavy atom. The van der Waals surface area contributed by atoms with Gasteiger partial charge in [0.05, 0.1) is 24.5 Å². The largest absolute Gasteiger partial charge is 0.394 e. The van der Waals surface area contributed by atoms with Crippen molar-refractivity contribution in [2.75, 3.05) is 17.3 Å². The Morgan fingerprint density at radius 3 is 2.94 bits per heavy atom. The summed E-state index contributed by atoms with van der Waals surface area (Å²) in [5, 5.41) is 13.0. The van der Waals surface area contributed by atoms with E-state index in [9.17, 15) is 5.11 Å². The minimum absolute atomic E-state index is 0.110. The van der Waals surface area contributed by atoms with E-state index in [2.05, 4.69) is 27.6 Å². The fraction of sp³-hybridized carbons (Fsp3) is 0.667. The molecule has 1 aromatic rings. The summed E-state index contributed by atoms with van der Waals surface area (Å²) in [5.41, 5.74) is 2.19. The third kappa shape index (κ3) is 2.88. The van der Waals surface area contributed by atoms with E-state index in [0.717, 1.165) is 19.3 Å². The molecule has 0 spiro atoms. The Bertz CT molecular complexity index is 400.